The Morgan fingerprint density at radius 2 is 2.07 bits per heavy atom. The van der Waals surface area contributed by atoms with Gasteiger partial charge < -0.3 is 5.32 Å². The SMILES string of the molecule is Cc1ccc(C)c(NC(=O)CSc2nnc3ccc(-c4cccs4)nn23)c1. The fraction of sp³-hybridized carbons (Fsp3) is 0.158. The van der Waals surface area contributed by atoms with Crippen LogP contribution in [0.4, 0.5) is 5.69 Å². The average molecular weight is 396 g/mol. The predicted molar refractivity (Wildman–Crippen MR) is 109 cm³/mol. The number of nitrogens with zero attached hydrogens (tertiary/aromatic N) is 4. The minimum absolute atomic E-state index is 0.0835. The van der Waals surface area contributed by atoms with Crippen LogP contribution in [0.3, 0.4) is 0 Å². The molecule has 1 amide bonds. The Balaban J connectivity index is 1.49. The predicted octanol–water partition coefficient (Wildman–Crippen LogP) is 4.20. The molecule has 3 aromatic heterocycles. The number of amides is 1. The van der Waals surface area contributed by atoms with E-state index in [-0.39, 0.29) is 11.7 Å². The van der Waals surface area contributed by atoms with E-state index in [2.05, 4.69) is 20.6 Å². The average Bonchev–Trinajstić information content (AvgIpc) is 3.32. The van der Waals surface area contributed by atoms with Crippen LogP contribution < -0.4 is 5.32 Å². The molecule has 8 heteroatoms. The summed E-state index contributed by atoms with van der Waals surface area (Å²) >= 11 is 2.95. The Hall–Kier alpha value is -2.71. The number of aryl methyl sites for hydroxylation is 2. The van der Waals surface area contributed by atoms with E-state index in [0.29, 0.717) is 10.8 Å². The quantitative estimate of drug-likeness (QED) is 0.513. The standard InChI is InChI=1S/C19H17N5OS2/c1-12-5-6-13(2)15(10-12)20-18(25)11-27-19-22-21-17-8-7-14(23-24(17)19)16-4-3-9-26-16/h3-10H,11H2,1-2H3,(H,20,25). The lowest BCUT2D eigenvalue weighted by Crippen LogP contribution is -2.15. The second-order valence-electron chi connectivity index (χ2n) is 6.10. The topological polar surface area (TPSA) is 72.2 Å². The first-order valence-electron chi connectivity index (χ1n) is 8.36. The minimum atomic E-state index is -0.0835. The number of carbonyl (C=O) groups is 1. The molecule has 1 N–H and O–H groups in total. The number of hydrogen-bond donors (Lipinski definition) is 1. The fourth-order valence-corrected chi connectivity index (χ4v) is 3.98. The number of rotatable bonds is 5. The van der Waals surface area contributed by atoms with Crippen LogP contribution in [0, 0.1) is 13.8 Å². The van der Waals surface area contributed by atoms with Crippen LogP contribution in [0.25, 0.3) is 16.2 Å². The lowest BCUT2D eigenvalue weighted by atomic mass is 10.1. The van der Waals surface area contributed by atoms with Crippen molar-refractivity contribution in [3.63, 3.8) is 0 Å². The van der Waals surface area contributed by atoms with E-state index in [1.807, 2.05) is 61.7 Å². The molecule has 0 saturated heterocycles. The van der Waals surface area contributed by atoms with E-state index in [1.165, 1.54) is 11.8 Å². The summed E-state index contributed by atoms with van der Waals surface area (Å²) < 4.78 is 1.69. The van der Waals surface area contributed by atoms with Gasteiger partial charge in [0, 0.05) is 5.69 Å². The van der Waals surface area contributed by atoms with E-state index < -0.39 is 0 Å². The zero-order valence-electron chi connectivity index (χ0n) is 14.8. The van der Waals surface area contributed by atoms with Crippen molar-refractivity contribution >= 4 is 40.3 Å². The summed E-state index contributed by atoms with van der Waals surface area (Å²) in [4.78, 5) is 13.4. The number of fused-ring (bicyclic) bond motifs is 1. The van der Waals surface area contributed by atoms with Gasteiger partial charge in [0.25, 0.3) is 0 Å². The van der Waals surface area contributed by atoms with Crippen molar-refractivity contribution in [2.24, 2.45) is 0 Å². The highest BCUT2D eigenvalue weighted by Gasteiger charge is 2.12. The number of thiophene rings is 1. The van der Waals surface area contributed by atoms with Crippen molar-refractivity contribution in [3.05, 3.63) is 59.0 Å². The minimum Gasteiger partial charge on any atom is -0.325 e. The number of carbonyl (C=O) groups excluding carboxylic acids is 1. The molecule has 0 bridgehead atoms. The number of benzene rings is 1. The summed E-state index contributed by atoms with van der Waals surface area (Å²) in [5, 5.41) is 18.5. The zero-order chi connectivity index (χ0) is 18.8. The molecule has 0 aliphatic rings. The van der Waals surface area contributed by atoms with E-state index in [4.69, 9.17) is 0 Å². The molecule has 0 spiro atoms. The van der Waals surface area contributed by atoms with Gasteiger partial charge in [0.15, 0.2) is 5.65 Å². The highest BCUT2D eigenvalue weighted by Crippen LogP contribution is 2.24. The number of anilines is 1. The van der Waals surface area contributed by atoms with Crippen molar-refractivity contribution in [1.29, 1.82) is 0 Å². The maximum Gasteiger partial charge on any atom is 0.234 e. The molecule has 1 aromatic carbocycles. The van der Waals surface area contributed by atoms with Gasteiger partial charge in [0.1, 0.15) is 5.69 Å². The van der Waals surface area contributed by atoms with Gasteiger partial charge in [0.2, 0.25) is 11.1 Å². The van der Waals surface area contributed by atoms with Crippen LogP contribution >= 0.6 is 23.1 Å². The summed E-state index contributed by atoms with van der Waals surface area (Å²) in [6.07, 6.45) is 0. The Morgan fingerprint density at radius 3 is 2.89 bits per heavy atom. The number of aromatic nitrogens is 4. The van der Waals surface area contributed by atoms with Crippen molar-refractivity contribution in [2.45, 2.75) is 19.0 Å². The van der Waals surface area contributed by atoms with Gasteiger partial charge in [-0.1, -0.05) is 30.0 Å². The van der Waals surface area contributed by atoms with Crippen molar-refractivity contribution < 1.29 is 4.79 Å². The first kappa shape index (κ1) is 17.7. The van der Waals surface area contributed by atoms with Crippen LogP contribution in [0.5, 0.6) is 0 Å². The third-order valence-corrected chi connectivity index (χ3v) is 5.82. The molecule has 0 fully saturated rings. The van der Waals surface area contributed by atoms with Crippen molar-refractivity contribution in [3.8, 4) is 10.6 Å². The maximum absolute atomic E-state index is 12.4. The molecule has 27 heavy (non-hydrogen) atoms. The van der Waals surface area contributed by atoms with E-state index in [0.717, 1.165) is 27.4 Å². The number of hydrogen-bond acceptors (Lipinski definition) is 6. The molecule has 0 radical (unpaired) electrons. The molecule has 3 heterocycles. The molecule has 0 atom stereocenters. The van der Waals surface area contributed by atoms with Gasteiger partial charge in [-0.05, 0) is 54.6 Å². The Kier molecular flexibility index (Phi) is 4.91. The summed E-state index contributed by atoms with van der Waals surface area (Å²) in [6, 6.07) is 13.8. The first-order valence-corrected chi connectivity index (χ1v) is 10.2. The van der Waals surface area contributed by atoms with Crippen LogP contribution in [0.15, 0.2) is 53.0 Å². The maximum atomic E-state index is 12.4. The molecule has 6 nitrogen and oxygen atoms in total. The smallest absolute Gasteiger partial charge is 0.234 e. The fourth-order valence-electron chi connectivity index (χ4n) is 2.60. The van der Waals surface area contributed by atoms with E-state index in [1.54, 1.807) is 15.9 Å². The van der Waals surface area contributed by atoms with Gasteiger partial charge in [0.05, 0.1) is 10.6 Å². The zero-order valence-corrected chi connectivity index (χ0v) is 16.5. The monoisotopic (exact) mass is 395 g/mol. The number of nitrogens with one attached hydrogen (secondary N) is 1. The summed E-state index contributed by atoms with van der Waals surface area (Å²) in [5.74, 6) is 0.152. The Morgan fingerprint density at radius 1 is 1.19 bits per heavy atom. The second-order valence-corrected chi connectivity index (χ2v) is 7.99. The molecular weight excluding hydrogens is 378 g/mol. The molecule has 136 valence electrons. The highest BCUT2D eigenvalue weighted by molar-refractivity contribution is 7.99. The van der Waals surface area contributed by atoms with Crippen LogP contribution in [0.1, 0.15) is 11.1 Å². The lowest BCUT2D eigenvalue weighted by molar-refractivity contribution is -0.113. The molecular formula is C19H17N5OS2. The van der Waals surface area contributed by atoms with Crippen LogP contribution in [-0.2, 0) is 4.79 Å². The summed E-state index contributed by atoms with van der Waals surface area (Å²) in [6.45, 7) is 3.98. The van der Waals surface area contributed by atoms with Gasteiger partial charge >= 0.3 is 0 Å². The highest BCUT2D eigenvalue weighted by atomic mass is 32.2. The van der Waals surface area contributed by atoms with Crippen LogP contribution in [-0.4, -0.2) is 31.5 Å². The van der Waals surface area contributed by atoms with Crippen molar-refractivity contribution in [2.75, 3.05) is 11.1 Å². The number of thioether (sulfide) groups is 1. The normalized spacial score (nSPS) is 11.0. The Bertz CT molecular complexity index is 1100. The molecule has 0 unspecified atom stereocenters. The second kappa shape index (κ2) is 7.50. The third kappa shape index (κ3) is 3.86. The van der Waals surface area contributed by atoms with Crippen LogP contribution in [0.2, 0.25) is 0 Å². The van der Waals surface area contributed by atoms with Gasteiger partial charge in [-0.25, -0.2) is 0 Å². The van der Waals surface area contributed by atoms with Gasteiger partial charge in [-0.15, -0.1) is 21.5 Å². The summed E-state index contributed by atoms with van der Waals surface area (Å²) in [7, 11) is 0. The van der Waals surface area contributed by atoms with Gasteiger partial charge in [-0.3, -0.25) is 4.79 Å². The lowest BCUT2D eigenvalue weighted by Gasteiger charge is -2.08. The molecule has 0 saturated carbocycles. The molecule has 0 aliphatic carbocycles. The van der Waals surface area contributed by atoms with E-state index in [9.17, 15) is 4.79 Å². The molecule has 4 rings (SSSR count). The molecule has 4 aromatic rings. The van der Waals surface area contributed by atoms with Crippen molar-refractivity contribution in [1.82, 2.24) is 19.8 Å². The first-order chi connectivity index (χ1) is 13.1. The third-order valence-electron chi connectivity index (χ3n) is 4.01. The largest absolute Gasteiger partial charge is 0.325 e. The Labute approximate surface area is 164 Å². The summed E-state index contributed by atoms with van der Waals surface area (Å²) in [5.41, 5.74) is 4.50. The van der Waals surface area contributed by atoms with Gasteiger partial charge in [-0.2, -0.15) is 9.61 Å². The molecule has 0 aliphatic heterocycles. The van der Waals surface area contributed by atoms with E-state index >= 15 is 0 Å².